The van der Waals surface area contributed by atoms with E-state index in [9.17, 15) is 4.39 Å². The number of rotatable bonds is 6. The molecule has 2 nitrogen and oxygen atoms in total. The van der Waals surface area contributed by atoms with Gasteiger partial charge in [-0.15, -0.1) is 0 Å². The van der Waals surface area contributed by atoms with Crippen molar-refractivity contribution in [3.63, 3.8) is 0 Å². The minimum Gasteiger partial charge on any atom is -0.329 e. The highest BCUT2D eigenvalue weighted by Gasteiger charge is 2.37. The van der Waals surface area contributed by atoms with Crippen LogP contribution in [0.25, 0.3) is 0 Å². The third kappa shape index (κ3) is 2.73. The highest BCUT2D eigenvalue weighted by Crippen LogP contribution is 2.39. The molecule has 1 aromatic rings. The average Bonchev–Trinajstić information content (AvgIpc) is 3.23. The molecule has 0 amide bonds. The first-order chi connectivity index (χ1) is 8.78. The number of hydrogen-bond donors (Lipinski definition) is 1. The van der Waals surface area contributed by atoms with E-state index in [0.29, 0.717) is 12.6 Å². The molecule has 0 aliphatic heterocycles. The zero-order chi connectivity index (χ0) is 12.5. The molecule has 0 spiro atoms. The Bertz CT molecular complexity index is 413. The summed E-state index contributed by atoms with van der Waals surface area (Å²) in [6.07, 6.45) is 5.25. The molecule has 1 atom stereocenters. The number of halogens is 1. The molecule has 18 heavy (non-hydrogen) atoms. The van der Waals surface area contributed by atoms with Gasteiger partial charge in [0.05, 0.1) is 0 Å². The standard InChI is InChI=1S/C15H21FN2/c16-13-3-1-2-12(8-13)15(9-17)18(14-6-7-14)10-11-4-5-11/h1-3,8,11,14-15H,4-7,9-10,17H2. The van der Waals surface area contributed by atoms with Crippen molar-refractivity contribution in [1.29, 1.82) is 0 Å². The topological polar surface area (TPSA) is 29.3 Å². The summed E-state index contributed by atoms with van der Waals surface area (Å²) in [7, 11) is 0. The van der Waals surface area contributed by atoms with E-state index in [0.717, 1.165) is 18.0 Å². The average molecular weight is 248 g/mol. The smallest absolute Gasteiger partial charge is 0.123 e. The third-order valence-corrected chi connectivity index (χ3v) is 4.04. The molecule has 1 aromatic carbocycles. The Morgan fingerprint density at radius 3 is 2.61 bits per heavy atom. The molecule has 0 heterocycles. The van der Waals surface area contributed by atoms with Gasteiger partial charge in [0, 0.05) is 25.2 Å². The number of hydrogen-bond acceptors (Lipinski definition) is 2. The van der Waals surface area contributed by atoms with Crippen LogP contribution in [0.3, 0.4) is 0 Å². The van der Waals surface area contributed by atoms with Crippen molar-refractivity contribution in [1.82, 2.24) is 4.90 Å². The Hall–Kier alpha value is -0.930. The van der Waals surface area contributed by atoms with E-state index in [1.807, 2.05) is 6.07 Å². The van der Waals surface area contributed by atoms with Gasteiger partial charge in [0.15, 0.2) is 0 Å². The second-order valence-electron chi connectivity index (χ2n) is 5.68. The molecule has 0 bridgehead atoms. The zero-order valence-electron chi connectivity index (χ0n) is 10.7. The predicted octanol–water partition coefficient (Wildman–Crippen LogP) is 2.70. The molecule has 2 aliphatic carbocycles. The van der Waals surface area contributed by atoms with Crippen molar-refractivity contribution in [2.75, 3.05) is 13.1 Å². The van der Waals surface area contributed by atoms with Crippen LogP contribution in [0.2, 0.25) is 0 Å². The maximum absolute atomic E-state index is 13.4. The van der Waals surface area contributed by atoms with E-state index in [1.54, 1.807) is 12.1 Å². The molecule has 2 saturated carbocycles. The van der Waals surface area contributed by atoms with Gasteiger partial charge in [-0.05, 0) is 49.3 Å². The van der Waals surface area contributed by atoms with Crippen LogP contribution in [0.15, 0.2) is 24.3 Å². The van der Waals surface area contributed by atoms with Crippen molar-refractivity contribution in [2.24, 2.45) is 11.7 Å². The van der Waals surface area contributed by atoms with Gasteiger partial charge >= 0.3 is 0 Å². The molecule has 3 heteroatoms. The quantitative estimate of drug-likeness (QED) is 0.838. The van der Waals surface area contributed by atoms with Crippen LogP contribution in [0.1, 0.15) is 37.3 Å². The van der Waals surface area contributed by atoms with Gasteiger partial charge in [0.2, 0.25) is 0 Å². The molecular formula is C15H21FN2. The van der Waals surface area contributed by atoms with Crippen LogP contribution in [0.5, 0.6) is 0 Å². The third-order valence-electron chi connectivity index (χ3n) is 4.04. The molecule has 1 unspecified atom stereocenters. The largest absolute Gasteiger partial charge is 0.329 e. The predicted molar refractivity (Wildman–Crippen MR) is 70.6 cm³/mol. The molecule has 3 rings (SSSR count). The van der Waals surface area contributed by atoms with Gasteiger partial charge in [0.25, 0.3) is 0 Å². The molecule has 0 saturated heterocycles. The summed E-state index contributed by atoms with van der Waals surface area (Å²) in [5, 5.41) is 0. The Morgan fingerprint density at radius 1 is 1.28 bits per heavy atom. The van der Waals surface area contributed by atoms with Gasteiger partial charge in [-0.25, -0.2) is 4.39 Å². The van der Waals surface area contributed by atoms with Gasteiger partial charge in [-0.3, -0.25) is 4.90 Å². The zero-order valence-corrected chi connectivity index (χ0v) is 10.7. The van der Waals surface area contributed by atoms with E-state index in [-0.39, 0.29) is 11.9 Å². The Morgan fingerprint density at radius 2 is 2.06 bits per heavy atom. The lowest BCUT2D eigenvalue weighted by molar-refractivity contribution is 0.182. The van der Waals surface area contributed by atoms with Crippen LogP contribution in [-0.2, 0) is 0 Å². The molecule has 2 N–H and O–H groups in total. The Balaban J connectivity index is 1.79. The van der Waals surface area contributed by atoms with Crippen molar-refractivity contribution in [3.05, 3.63) is 35.6 Å². The summed E-state index contributed by atoms with van der Waals surface area (Å²) in [5.41, 5.74) is 6.99. The lowest BCUT2D eigenvalue weighted by atomic mass is 10.0. The summed E-state index contributed by atoms with van der Waals surface area (Å²) in [6.45, 7) is 1.72. The summed E-state index contributed by atoms with van der Waals surface area (Å²) < 4.78 is 13.4. The van der Waals surface area contributed by atoms with Crippen molar-refractivity contribution in [3.8, 4) is 0 Å². The van der Waals surface area contributed by atoms with E-state index >= 15 is 0 Å². The summed E-state index contributed by atoms with van der Waals surface area (Å²) in [5.74, 6) is 0.696. The Labute approximate surface area is 108 Å². The van der Waals surface area contributed by atoms with Crippen molar-refractivity contribution < 1.29 is 4.39 Å². The second kappa shape index (κ2) is 4.98. The first kappa shape index (κ1) is 12.1. The fourth-order valence-corrected chi connectivity index (χ4v) is 2.71. The molecule has 98 valence electrons. The lowest BCUT2D eigenvalue weighted by Gasteiger charge is -2.31. The van der Waals surface area contributed by atoms with E-state index in [4.69, 9.17) is 5.73 Å². The number of nitrogens with two attached hydrogens (primary N) is 1. The number of nitrogens with zero attached hydrogens (tertiary/aromatic N) is 1. The highest BCUT2D eigenvalue weighted by molar-refractivity contribution is 5.21. The summed E-state index contributed by atoms with van der Waals surface area (Å²) in [4.78, 5) is 2.52. The maximum Gasteiger partial charge on any atom is 0.123 e. The van der Waals surface area contributed by atoms with Crippen LogP contribution in [0, 0.1) is 11.7 Å². The molecule has 2 fully saturated rings. The van der Waals surface area contributed by atoms with Crippen LogP contribution in [0.4, 0.5) is 4.39 Å². The normalized spacial score (nSPS) is 21.3. The van der Waals surface area contributed by atoms with Crippen molar-refractivity contribution in [2.45, 2.75) is 37.8 Å². The number of benzene rings is 1. The first-order valence-corrected chi connectivity index (χ1v) is 6.99. The second-order valence-corrected chi connectivity index (χ2v) is 5.68. The van der Waals surface area contributed by atoms with Gasteiger partial charge in [0.1, 0.15) is 5.82 Å². The first-order valence-electron chi connectivity index (χ1n) is 6.99. The molecular weight excluding hydrogens is 227 g/mol. The fraction of sp³-hybridized carbons (Fsp3) is 0.600. The summed E-state index contributed by atoms with van der Waals surface area (Å²) in [6, 6.07) is 7.80. The van der Waals surface area contributed by atoms with Gasteiger partial charge in [-0.1, -0.05) is 12.1 Å². The van der Waals surface area contributed by atoms with Gasteiger partial charge in [-0.2, -0.15) is 0 Å². The van der Waals surface area contributed by atoms with E-state index in [1.165, 1.54) is 31.7 Å². The van der Waals surface area contributed by atoms with E-state index in [2.05, 4.69) is 4.90 Å². The monoisotopic (exact) mass is 248 g/mol. The minimum atomic E-state index is -0.159. The van der Waals surface area contributed by atoms with Crippen LogP contribution < -0.4 is 5.73 Å². The van der Waals surface area contributed by atoms with E-state index < -0.39 is 0 Å². The van der Waals surface area contributed by atoms with Crippen molar-refractivity contribution >= 4 is 0 Å². The Kier molecular flexibility index (Phi) is 3.35. The molecule has 2 aliphatic rings. The SMILES string of the molecule is NCC(c1cccc(F)c1)N(CC1CC1)C1CC1. The fourth-order valence-electron chi connectivity index (χ4n) is 2.71. The minimum absolute atomic E-state index is 0.159. The highest BCUT2D eigenvalue weighted by atomic mass is 19.1. The lowest BCUT2D eigenvalue weighted by Crippen LogP contribution is -2.37. The maximum atomic E-state index is 13.4. The van der Waals surface area contributed by atoms with Crippen LogP contribution in [-0.4, -0.2) is 24.0 Å². The van der Waals surface area contributed by atoms with Crippen LogP contribution >= 0.6 is 0 Å². The molecule has 0 aromatic heterocycles. The van der Waals surface area contributed by atoms with Gasteiger partial charge < -0.3 is 5.73 Å². The summed E-state index contributed by atoms with van der Waals surface area (Å²) >= 11 is 0. The molecule has 0 radical (unpaired) electrons.